The van der Waals surface area contributed by atoms with Crippen molar-refractivity contribution in [2.45, 2.75) is 6.04 Å². The summed E-state index contributed by atoms with van der Waals surface area (Å²) in [6, 6.07) is 5.17. The van der Waals surface area contributed by atoms with Gasteiger partial charge in [-0.25, -0.2) is 0 Å². The summed E-state index contributed by atoms with van der Waals surface area (Å²) in [6.07, 6.45) is 0. The molecule has 0 unspecified atom stereocenters. The number of hydrogen-bond acceptors (Lipinski definition) is 3. The van der Waals surface area contributed by atoms with E-state index in [2.05, 4.69) is 15.9 Å². The minimum atomic E-state index is -0.331. The third-order valence-corrected chi connectivity index (χ3v) is 2.42. The van der Waals surface area contributed by atoms with Crippen LogP contribution in [0.1, 0.15) is 11.6 Å². The van der Waals surface area contributed by atoms with Crippen molar-refractivity contribution in [3.63, 3.8) is 0 Å². The Hall–Kier alpha value is -0.580. The van der Waals surface area contributed by atoms with Crippen LogP contribution in [0.25, 0.3) is 0 Å². The number of nitrogens with two attached hydrogens (primary N) is 1. The SMILES string of the molecule is COc1ccc([C@@H](N)CO)cc1Br. The van der Waals surface area contributed by atoms with E-state index in [4.69, 9.17) is 15.6 Å². The zero-order valence-corrected chi connectivity index (χ0v) is 8.91. The second kappa shape index (κ2) is 4.60. The van der Waals surface area contributed by atoms with Gasteiger partial charge in [-0.3, -0.25) is 0 Å². The molecule has 3 nitrogen and oxygen atoms in total. The van der Waals surface area contributed by atoms with Crippen LogP contribution >= 0.6 is 15.9 Å². The average Bonchev–Trinajstić information content (AvgIpc) is 2.16. The second-order valence-electron chi connectivity index (χ2n) is 2.68. The molecule has 0 radical (unpaired) electrons. The smallest absolute Gasteiger partial charge is 0.133 e. The zero-order chi connectivity index (χ0) is 9.84. The quantitative estimate of drug-likeness (QED) is 0.848. The summed E-state index contributed by atoms with van der Waals surface area (Å²) in [5, 5.41) is 8.83. The maximum Gasteiger partial charge on any atom is 0.133 e. The highest BCUT2D eigenvalue weighted by atomic mass is 79.9. The molecule has 0 heterocycles. The van der Waals surface area contributed by atoms with E-state index in [9.17, 15) is 0 Å². The molecule has 0 spiro atoms. The number of benzene rings is 1. The lowest BCUT2D eigenvalue weighted by atomic mass is 10.1. The van der Waals surface area contributed by atoms with Crippen molar-refractivity contribution in [1.82, 2.24) is 0 Å². The van der Waals surface area contributed by atoms with Crippen LogP contribution in [0.2, 0.25) is 0 Å². The Morgan fingerprint density at radius 3 is 2.77 bits per heavy atom. The maximum atomic E-state index is 8.83. The Kier molecular flexibility index (Phi) is 3.71. The van der Waals surface area contributed by atoms with Crippen LogP contribution in [-0.4, -0.2) is 18.8 Å². The Morgan fingerprint density at radius 2 is 2.31 bits per heavy atom. The van der Waals surface area contributed by atoms with Crippen molar-refractivity contribution in [3.8, 4) is 5.75 Å². The summed E-state index contributed by atoms with van der Waals surface area (Å²) in [7, 11) is 1.60. The zero-order valence-electron chi connectivity index (χ0n) is 7.33. The largest absolute Gasteiger partial charge is 0.496 e. The molecule has 0 aliphatic rings. The minimum absolute atomic E-state index is 0.0568. The van der Waals surface area contributed by atoms with Crippen molar-refractivity contribution in [1.29, 1.82) is 0 Å². The lowest BCUT2D eigenvalue weighted by molar-refractivity contribution is 0.268. The van der Waals surface area contributed by atoms with Crippen molar-refractivity contribution >= 4 is 15.9 Å². The average molecular weight is 246 g/mol. The van der Waals surface area contributed by atoms with Gasteiger partial charge >= 0.3 is 0 Å². The van der Waals surface area contributed by atoms with E-state index < -0.39 is 0 Å². The fourth-order valence-electron chi connectivity index (χ4n) is 1.02. The molecule has 0 aliphatic carbocycles. The van der Waals surface area contributed by atoms with E-state index in [0.717, 1.165) is 15.8 Å². The number of halogens is 1. The minimum Gasteiger partial charge on any atom is -0.496 e. The van der Waals surface area contributed by atoms with Gasteiger partial charge in [0.2, 0.25) is 0 Å². The van der Waals surface area contributed by atoms with Crippen molar-refractivity contribution in [2.24, 2.45) is 5.73 Å². The molecule has 4 heteroatoms. The van der Waals surface area contributed by atoms with Crippen LogP contribution in [0.5, 0.6) is 5.75 Å². The van der Waals surface area contributed by atoms with Crippen molar-refractivity contribution in [2.75, 3.05) is 13.7 Å². The third-order valence-electron chi connectivity index (χ3n) is 1.80. The molecule has 3 N–H and O–H groups in total. The van der Waals surface area contributed by atoms with E-state index in [-0.39, 0.29) is 12.6 Å². The Balaban J connectivity index is 2.95. The van der Waals surface area contributed by atoms with Gasteiger partial charge in [0, 0.05) is 0 Å². The van der Waals surface area contributed by atoms with Gasteiger partial charge < -0.3 is 15.6 Å². The van der Waals surface area contributed by atoms with E-state index in [0.29, 0.717) is 0 Å². The van der Waals surface area contributed by atoms with Crippen LogP contribution in [0.3, 0.4) is 0 Å². The third kappa shape index (κ3) is 2.43. The number of ether oxygens (including phenoxy) is 1. The fraction of sp³-hybridized carbons (Fsp3) is 0.333. The molecule has 13 heavy (non-hydrogen) atoms. The van der Waals surface area contributed by atoms with Gasteiger partial charge in [0.1, 0.15) is 5.75 Å². The predicted molar refractivity (Wildman–Crippen MR) is 54.7 cm³/mol. The van der Waals surface area contributed by atoms with Crippen LogP contribution in [0.15, 0.2) is 22.7 Å². The Bertz CT molecular complexity index is 291. The number of aliphatic hydroxyl groups is 1. The predicted octanol–water partition coefficient (Wildman–Crippen LogP) is 1.45. The molecule has 1 rings (SSSR count). The van der Waals surface area contributed by atoms with E-state index >= 15 is 0 Å². The van der Waals surface area contributed by atoms with Crippen LogP contribution in [0.4, 0.5) is 0 Å². The van der Waals surface area contributed by atoms with Crippen LogP contribution < -0.4 is 10.5 Å². The number of rotatable bonds is 3. The molecule has 1 aromatic carbocycles. The molecule has 0 bridgehead atoms. The molecule has 0 fully saturated rings. The van der Waals surface area contributed by atoms with Crippen LogP contribution in [-0.2, 0) is 0 Å². The topological polar surface area (TPSA) is 55.5 Å². The normalized spacial score (nSPS) is 12.6. The highest BCUT2D eigenvalue weighted by molar-refractivity contribution is 9.10. The monoisotopic (exact) mass is 245 g/mol. The lowest BCUT2D eigenvalue weighted by Crippen LogP contribution is -2.14. The number of aliphatic hydroxyl groups excluding tert-OH is 1. The van der Waals surface area contributed by atoms with Crippen molar-refractivity contribution in [3.05, 3.63) is 28.2 Å². The number of methoxy groups -OCH3 is 1. The first-order chi connectivity index (χ1) is 6.19. The summed E-state index contributed by atoms with van der Waals surface area (Å²) in [5.41, 5.74) is 6.53. The summed E-state index contributed by atoms with van der Waals surface area (Å²) >= 11 is 3.34. The van der Waals surface area contributed by atoms with Gasteiger partial charge in [-0.15, -0.1) is 0 Å². The van der Waals surface area contributed by atoms with Gasteiger partial charge in [-0.1, -0.05) is 6.07 Å². The van der Waals surface area contributed by atoms with Gasteiger partial charge in [-0.2, -0.15) is 0 Å². The van der Waals surface area contributed by atoms with E-state index in [1.54, 1.807) is 7.11 Å². The van der Waals surface area contributed by atoms with Gasteiger partial charge in [0.05, 0.1) is 24.2 Å². The molecular weight excluding hydrogens is 234 g/mol. The second-order valence-corrected chi connectivity index (χ2v) is 3.54. The first kappa shape index (κ1) is 10.5. The highest BCUT2D eigenvalue weighted by Gasteiger charge is 2.06. The van der Waals surface area contributed by atoms with Gasteiger partial charge in [-0.05, 0) is 33.6 Å². The van der Waals surface area contributed by atoms with Crippen LogP contribution in [0, 0.1) is 0 Å². The van der Waals surface area contributed by atoms with Gasteiger partial charge in [0.25, 0.3) is 0 Å². The van der Waals surface area contributed by atoms with Gasteiger partial charge in [0.15, 0.2) is 0 Å². The summed E-state index contributed by atoms with van der Waals surface area (Å²) in [4.78, 5) is 0. The lowest BCUT2D eigenvalue weighted by Gasteiger charge is -2.10. The molecule has 0 aliphatic heterocycles. The van der Waals surface area contributed by atoms with Crippen molar-refractivity contribution < 1.29 is 9.84 Å². The molecule has 1 aromatic rings. The fourth-order valence-corrected chi connectivity index (χ4v) is 1.58. The first-order valence-corrected chi connectivity index (χ1v) is 4.68. The molecule has 0 amide bonds. The number of hydrogen-bond donors (Lipinski definition) is 2. The Morgan fingerprint density at radius 1 is 1.62 bits per heavy atom. The summed E-state index contributed by atoms with van der Waals surface area (Å²) in [6.45, 7) is -0.0568. The maximum absolute atomic E-state index is 8.83. The Labute approximate surface area is 85.6 Å². The molecule has 0 saturated heterocycles. The first-order valence-electron chi connectivity index (χ1n) is 3.89. The summed E-state index contributed by atoms with van der Waals surface area (Å²) < 4.78 is 5.91. The van der Waals surface area contributed by atoms with E-state index in [1.807, 2.05) is 18.2 Å². The summed E-state index contributed by atoms with van der Waals surface area (Å²) in [5.74, 6) is 0.758. The van der Waals surface area contributed by atoms with E-state index in [1.165, 1.54) is 0 Å². The molecule has 0 aromatic heterocycles. The molecule has 0 saturated carbocycles. The standard InChI is InChI=1S/C9H12BrNO2/c1-13-9-3-2-6(4-7(9)10)8(11)5-12/h2-4,8,12H,5,11H2,1H3/t8-/m0/s1. The highest BCUT2D eigenvalue weighted by Crippen LogP contribution is 2.27. The molecular formula is C9H12BrNO2. The molecule has 1 atom stereocenters. The molecule has 72 valence electrons.